The summed E-state index contributed by atoms with van der Waals surface area (Å²) < 4.78 is 28.1. The second kappa shape index (κ2) is 5.04. The molecular weight excluding hydrogens is 210 g/mol. The van der Waals surface area contributed by atoms with Gasteiger partial charge in [-0.25, -0.2) is 4.90 Å². The predicted molar refractivity (Wildman–Crippen MR) is 58.0 cm³/mol. The maximum Gasteiger partial charge on any atom is 0.333 e. The van der Waals surface area contributed by atoms with Crippen LogP contribution in [0.15, 0.2) is 24.3 Å². The Balaban J connectivity index is 3.21. The summed E-state index contributed by atoms with van der Waals surface area (Å²) in [6.07, 6.45) is 0. The molecule has 0 radical (unpaired) electrons. The van der Waals surface area contributed by atoms with Crippen LogP contribution in [0.3, 0.4) is 0 Å². The fraction of sp³-hybridized carbons (Fsp3) is 0.417. The molecule has 0 heterocycles. The molecule has 1 aromatic carbocycles. The fourth-order valence-corrected chi connectivity index (χ4v) is 1.63. The van der Waals surface area contributed by atoms with Crippen LogP contribution < -0.4 is 0 Å². The van der Waals surface area contributed by atoms with E-state index in [1.54, 1.807) is 26.0 Å². The van der Waals surface area contributed by atoms with Crippen molar-refractivity contribution in [2.45, 2.75) is 19.9 Å². The molecule has 1 aromatic rings. The van der Waals surface area contributed by atoms with Crippen molar-refractivity contribution in [1.29, 1.82) is 5.26 Å². The summed E-state index contributed by atoms with van der Waals surface area (Å²) >= 11 is 0. The number of alkyl halides is 2. The maximum atomic E-state index is 14.0. The second-order valence-corrected chi connectivity index (χ2v) is 3.37. The van der Waals surface area contributed by atoms with Crippen molar-refractivity contribution in [3.63, 3.8) is 0 Å². The number of hydrogen-bond acceptors (Lipinski definition) is 2. The first-order chi connectivity index (χ1) is 7.57. The zero-order valence-corrected chi connectivity index (χ0v) is 9.37. The minimum atomic E-state index is -3.09. The standard InChI is InChI=1S/C12H14F2N2/c1-3-16(4-2)12(13,14)11-8-6-5-7-10(11)9-15/h5-8H,3-4H2,1-2H3. The summed E-state index contributed by atoms with van der Waals surface area (Å²) in [5.74, 6) is 0. The molecule has 0 aliphatic carbocycles. The summed E-state index contributed by atoms with van der Waals surface area (Å²) in [6, 6.07) is 4.53. The molecule has 0 atom stereocenters. The molecule has 0 unspecified atom stereocenters. The molecule has 0 aliphatic heterocycles. The first-order valence-corrected chi connectivity index (χ1v) is 5.20. The summed E-state index contributed by atoms with van der Waals surface area (Å²) in [5, 5.41) is 8.81. The minimum absolute atomic E-state index is 0.0272. The molecule has 0 fully saturated rings. The van der Waals surface area contributed by atoms with Gasteiger partial charge in [-0.3, -0.25) is 0 Å². The van der Waals surface area contributed by atoms with Gasteiger partial charge in [-0.05, 0) is 6.07 Å². The van der Waals surface area contributed by atoms with Crippen molar-refractivity contribution in [2.24, 2.45) is 0 Å². The topological polar surface area (TPSA) is 27.0 Å². The first-order valence-electron chi connectivity index (χ1n) is 5.20. The van der Waals surface area contributed by atoms with Gasteiger partial charge in [-0.2, -0.15) is 14.0 Å². The lowest BCUT2D eigenvalue weighted by molar-refractivity contribution is -0.151. The van der Waals surface area contributed by atoms with Crippen LogP contribution in [0.25, 0.3) is 0 Å². The Morgan fingerprint density at radius 1 is 1.25 bits per heavy atom. The average molecular weight is 224 g/mol. The van der Waals surface area contributed by atoms with Crippen molar-refractivity contribution < 1.29 is 8.78 Å². The van der Waals surface area contributed by atoms with Crippen LogP contribution in [-0.2, 0) is 6.05 Å². The van der Waals surface area contributed by atoms with Gasteiger partial charge in [0, 0.05) is 13.1 Å². The van der Waals surface area contributed by atoms with E-state index in [1.807, 2.05) is 0 Å². The van der Waals surface area contributed by atoms with E-state index in [-0.39, 0.29) is 24.2 Å². The third kappa shape index (κ3) is 2.20. The highest BCUT2D eigenvalue weighted by molar-refractivity contribution is 5.39. The van der Waals surface area contributed by atoms with Crippen LogP contribution in [0.2, 0.25) is 0 Å². The van der Waals surface area contributed by atoms with Gasteiger partial charge < -0.3 is 0 Å². The normalized spacial score (nSPS) is 11.5. The van der Waals surface area contributed by atoms with Gasteiger partial charge in [0.25, 0.3) is 0 Å². The highest BCUT2D eigenvalue weighted by Crippen LogP contribution is 2.33. The predicted octanol–water partition coefficient (Wildman–Crippen LogP) is 2.95. The Labute approximate surface area is 94.1 Å². The molecule has 0 aromatic heterocycles. The summed E-state index contributed by atoms with van der Waals surface area (Å²) in [4.78, 5) is 1.03. The van der Waals surface area contributed by atoms with Crippen molar-refractivity contribution in [3.8, 4) is 6.07 Å². The van der Waals surface area contributed by atoms with Crippen LogP contribution in [-0.4, -0.2) is 18.0 Å². The largest absolute Gasteiger partial charge is 0.333 e. The Kier molecular flexibility index (Phi) is 3.97. The highest BCUT2D eigenvalue weighted by atomic mass is 19.3. The minimum Gasteiger partial charge on any atom is -0.241 e. The molecule has 0 saturated carbocycles. The smallest absolute Gasteiger partial charge is 0.241 e. The van der Waals surface area contributed by atoms with Gasteiger partial charge in [0.2, 0.25) is 0 Å². The number of nitrogens with zero attached hydrogens (tertiary/aromatic N) is 2. The van der Waals surface area contributed by atoms with Gasteiger partial charge in [-0.15, -0.1) is 0 Å². The molecule has 0 aliphatic rings. The van der Waals surface area contributed by atoms with E-state index in [1.165, 1.54) is 18.2 Å². The molecule has 4 heteroatoms. The van der Waals surface area contributed by atoms with Crippen molar-refractivity contribution in [1.82, 2.24) is 4.90 Å². The number of rotatable bonds is 4. The van der Waals surface area contributed by atoms with Crippen LogP contribution in [0.5, 0.6) is 0 Å². The molecule has 2 nitrogen and oxygen atoms in total. The van der Waals surface area contributed by atoms with Crippen molar-refractivity contribution in [2.75, 3.05) is 13.1 Å². The molecule has 16 heavy (non-hydrogen) atoms. The van der Waals surface area contributed by atoms with Gasteiger partial charge in [0.15, 0.2) is 0 Å². The van der Waals surface area contributed by atoms with Crippen LogP contribution in [0, 0.1) is 11.3 Å². The van der Waals surface area contributed by atoms with Crippen molar-refractivity contribution >= 4 is 0 Å². The van der Waals surface area contributed by atoms with Gasteiger partial charge in [0.1, 0.15) is 0 Å². The Bertz CT molecular complexity index is 392. The van der Waals surface area contributed by atoms with Gasteiger partial charge in [0.05, 0.1) is 17.2 Å². The average Bonchev–Trinajstić information content (AvgIpc) is 2.30. The lowest BCUT2D eigenvalue weighted by Gasteiger charge is -2.29. The molecule has 0 N–H and O–H groups in total. The number of nitriles is 1. The zero-order chi connectivity index (χ0) is 12.2. The van der Waals surface area contributed by atoms with E-state index >= 15 is 0 Å². The summed E-state index contributed by atoms with van der Waals surface area (Å²) in [7, 11) is 0. The molecule has 1 rings (SSSR count). The molecule has 0 bridgehead atoms. The third-order valence-electron chi connectivity index (χ3n) is 2.53. The SMILES string of the molecule is CCN(CC)C(F)(F)c1ccccc1C#N. The lowest BCUT2D eigenvalue weighted by atomic mass is 10.1. The number of halogens is 2. The molecule has 0 spiro atoms. The van der Waals surface area contributed by atoms with E-state index in [0.717, 1.165) is 4.90 Å². The lowest BCUT2D eigenvalue weighted by Crippen LogP contribution is -2.39. The van der Waals surface area contributed by atoms with Crippen LogP contribution in [0.4, 0.5) is 8.78 Å². The second-order valence-electron chi connectivity index (χ2n) is 3.37. The third-order valence-corrected chi connectivity index (χ3v) is 2.53. The zero-order valence-electron chi connectivity index (χ0n) is 9.37. The van der Waals surface area contributed by atoms with Crippen LogP contribution >= 0.6 is 0 Å². The number of benzene rings is 1. The van der Waals surface area contributed by atoms with Crippen molar-refractivity contribution in [3.05, 3.63) is 35.4 Å². The fourth-order valence-electron chi connectivity index (χ4n) is 1.63. The summed E-state index contributed by atoms with van der Waals surface area (Å²) in [5.41, 5.74) is -0.194. The Hall–Kier alpha value is -1.47. The maximum absolute atomic E-state index is 14.0. The Morgan fingerprint density at radius 3 is 2.31 bits per heavy atom. The van der Waals surface area contributed by atoms with Crippen LogP contribution in [0.1, 0.15) is 25.0 Å². The van der Waals surface area contributed by atoms with E-state index in [0.29, 0.717) is 0 Å². The number of hydrogen-bond donors (Lipinski definition) is 0. The van der Waals surface area contributed by atoms with E-state index < -0.39 is 6.05 Å². The quantitative estimate of drug-likeness (QED) is 0.735. The van der Waals surface area contributed by atoms with E-state index in [4.69, 9.17) is 5.26 Å². The molecule has 86 valence electrons. The highest BCUT2D eigenvalue weighted by Gasteiger charge is 2.39. The van der Waals surface area contributed by atoms with Gasteiger partial charge >= 0.3 is 6.05 Å². The summed E-state index contributed by atoms with van der Waals surface area (Å²) in [6.45, 7) is 3.82. The monoisotopic (exact) mass is 224 g/mol. The van der Waals surface area contributed by atoms with E-state index in [9.17, 15) is 8.78 Å². The molecule has 0 saturated heterocycles. The first kappa shape index (κ1) is 12.6. The molecular formula is C12H14F2N2. The Morgan fingerprint density at radius 2 is 1.81 bits per heavy atom. The van der Waals surface area contributed by atoms with Gasteiger partial charge in [-0.1, -0.05) is 32.0 Å². The molecule has 0 amide bonds. The van der Waals surface area contributed by atoms with E-state index in [2.05, 4.69) is 0 Å².